The van der Waals surface area contributed by atoms with Gasteiger partial charge in [-0.15, -0.1) is 11.3 Å². The van der Waals surface area contributed by atoms with E-state index in [0.717, 1.165) is 5.01 Å². The zero-order chi connectivity index (χ0) is 13.0. The molecule has 1 N–H and O–H groups in total. The van der Waals surface area contributed by atoms with E-state index < -0.39 is 0 Å². The highest BCUT2D eigenvalue weighted by Gasteiger charge is 2.04. The monoisotopic (exact) mass is 284 g/mol. The van der Waals surface area contributed by atoms with Crippen LogP contribution in [0.5, 0.6) is 0 Å². The van der Waals surface area contributed by atoms with Crippen LogP contribution in [0.2, 0.25) is 5.15 Å². The highest BCUT2D eigenvalue weighted by molar-refractivity contribution is 7.11. The molecule has 18 heavy (non-hydrogen) atoms. The van der Waals surface area contributed by atoms with E-state index in [4.69, 9.17) is 16.3 Å². The Labute approximate surface area is 114 Å². The van der Waals surface area contributed by atoms with Crippen molar-refractivity contribution in [2.45, 2.75) is 20.1 Å². The Kier molecular flexibility index (Phi) is 4.46. The minimum Gasteiger partial charge on any atom is -0.377 e. The molecule has 0 atom stereocenters. The van der Waals surface area contributed by atoms with Crippen molar-refractivity contribution >= 4 is 28.8 Å². The molecule has 0 saturated heterocycles. The Hall–Kier alpha value is -1.24. The fourth-order valence-electron chi connectivity index (χ4n) is 1.40. The number of thiazole rings is 1. The Bertz CT molecular complexity index is 532. The fraction of sp³-hybridized carbons (Fsp3) is 0.364. The van der Waals surface area contributed by atoms with Gasteiger partial charge >= 0.3 is 0 Å². The first kappa shape index (κ1) is 13.2. The van der Waals surface area contributed by atoms with Crippen molar-refractivity contribution in [3.63, 3.8) is 0 Å². The third-order valence-electron chi connectivity index (χ3n) is 2.10. The van der Waals surface area contributed by atoms with E-state index in [-0.39, 0.29) is 0 Å². The number of hydrogen-bond acceptors (Lipinski definition) is 6. The number of anilines is 1. The van der Waals surface area contributed by atoms with Gasteiger partial charge < -0.3 is 10.1 Å². The highest BCUT2D eigenvalue weighted by Crippen LogP contribution is 2.15. The van der Waals surface area contributed by atoms with Crippen molar-refractivity contribution in [1.82, 2.24) is 15.0 Å². The van der Waals surface area contributed by atoms with Crippen LogP contribution in [-0.2, 0) is 17.9 Å². The first-order valence-electron chi connectivity index (χ1n) is 5.35. The molecule has 0 aliphatic rings. The number of hydrogen-bond donors (Lipinski definition) is 1. The second-order valence-electron chi connectivity index (χ2n) is 3.64. The summed E-state index contributed by atoms with van der Waals surface area (Å²) in [6.45, 7) is 2.99. The van der Waals surface area contributed by atoms with Crippen molar-refractivity contribution in [3.8, 4) is 0 Å². The van der Waals surface area contributed by atoms with Crippen molar-refractivity contribution in [2.24, 2.45) is 0 Å². The third kappa shape index (κ3) is 3.63. The van der Waals surface area contributed by atoms with E-state index >= 15 is 0 Å². The number of aryl methyl sites for hydroxylation is 1. The molecule has 0 aliphatic heterocycles. The van der Waals surface area contributed by atoms with Gasteiger partial charge in [0.15, 0.2) is 5.82 Å². The summed E-state index contributed by atoms with van der Waals surface area (Å²) in [6, 6.07) is 1.68. The Balaban J connectivity index is 2.04. The lowest BCUT2D eigenvalue weighted by molar-refractivity contribution is 0.178. The molecule has 0 fully saturated rings. The van der Waals surface area contributed by atoms with Gasteiger partial charge in [-0.2, -0.15) is 0 Å². The van der Waals surface area contributed by atoms with Gasteiger partial charge in [0.25, 0.3) is 0 Å². The van der Waals surface area contributed by atoms with E-state index in [0.29, 0.717) is 29.9 Å². The normalized spacial score (nSPS) is 10.6. The quantitative estimate of drug-likeness (QED) is 0.856. The smallest absolute Gasteiger partial charge is 0.158 e. The molecule has 2 aromatic heterocycles. The average Bonchev–Trinajstić information content (AvgIpc) is 2.72. The molecular weight excluding hydrogens is 272 g/mol. The lowest BCUT2D eigenvalue weighted by atomic mass is 10.5. The molecular formula is C11H13ClN4OS. The maximum Gasteiger partial charge on any atom is 0.158 e. The minimum atomic E-state index is 0.339. The average molecular weight is 285 g/mol. The molecule has 96 valence electrons. The van der Waals surface area contributed by atoms with Crippen molar-refractivity contribution < 1.29 is 4.74 Å². The number of methoxy groups -OCH3 is 1. The maximum atomic E-state index is 5.91. The SMILES string of the molecule is COCc1nc(Cl)cc(NCc2ncc(C)s2)n1. The zero-order valence-corrected chi connectivity index (χ0v) is 11.7. The Morgan fingerprint density at radius 1 is 1.44 bits per heavy atom. The summed E-state index contributed by atoms with van der Waals surface area (Å²) in [6.07, 6.45) is 1.85. The molecule has 2 heterocycles. The fourth-order valence-corrected chi connectivity index (χ4v) is 2.33. The first-order chi connectivity index (χ1) is 8.67. The summed E-state index contributed by atoms with van der Waals surface area (Å²) in [5.74, 6) is 1.23. The van der Waals surface area contributed by atoms with E-state index in [1.807, 2.05) is 13.1 Å². The number of halogens is 1. The van der Waals surface area contributed by atoms with Crippen LogP contribution >= 0.6 is 22.9 Å². The number of rotatable bonds is 5. The molecule has 0 aliphatic carbocycles. The van der Waals surface area contributed by atoms with Gasteiger partial charge in [-0.1, -0.05) is 11.6 Å². The van der Waals surface area contributed by atoms with Crippen LogP contribution in [0.25, 0.3) is 0 Å². The molecule has 2 aromatic rings. The van der Waals surface area contributed by atoms with Crippen LogP contribution in [0.4, 0.5) is 5.82 Å². The minimum absolute atomic E-state index is 0.339. The van der Waals surface area contributed by atoms with E-state index in [9.17, 15) is 0 Å². The van der Waals surface area contributed by atoms with Gasteiger partial charge in [0.05, 0.1) is 6.54 Å². The lowest BCUT2D eigenvalue weighted by Gasteiger charge is -2.06. The topological polar surface area (TPSA) is 59.9 Å². The largest absolute Gasteiger partial charge is 0.377 e. The standard InChI is InChI=1S/C11H13ClN4OS/c1-7-4-14-11(18-7)5-13-9-3-8(12)15-10(16-9)6-17-2/h3-4H,5-6H2,1-2H3,(H,13,15,16). The molecule has 5 nitrogen and oxygen atoms in total. The van der Waals surface area contributed by atoms with Crippen molar-refractivity contribution in [1.29, 1.82) is 0 Å². The summed E-state index contributed by atoms with van der Waals surface area (Å²) >= 11 is 7.56. The second-order valence-corrected chi connectivity index (χ2v) is 5.35. The lowest BCUT2D eigenvalue weighted by Crippen LogP contribution is -2.05. The number of nitrogens with zero attached hydrogens (tertiary/aromatic N) is 3. The molecule has 0 spiro atoms. The van der Waals surface area contributed by atoms with E-state index in [1.165, 1.54) is 4.88 Å². The number of ether oxygens (including phenoxy) is 1. The van der Waals surface area contributed by atoms with Crippen LogP contribution in [0.1, 0.15) is 15.7 Å². The number of nitrogens with one attached hydrogen (secondary N) is 1. The van der Waals surface area contributed by atoms with Crippen LogP contribution in [0.15, 0.2) is 12.3 Å². The van der Waals surface area contributed by atoms with Crippen LogP contribution < -0.4 is 5.32 Å². The Morgan fingerprint density at radius 2 is 2.28 bits per heavy atom. The molecule has 0 aromatic carbocycles. The summed E-state index contributed by atoms with van der Waals surface area (Å²) in [5, 5.41) is 4.58. The molecule has 0 amide bonds. The van der Waals surface area contributed by atoms with E-state index in [2.05, 4.69) is 20.3 Å². The molecule has 0 saturated carbocycles. The zero-order valence-electron chi connectivity index (χ0n) is 10.1. The predicted molar refractivity (Wildman–Crippen MR) is 71.9 cm³/mol. The van der Waals surface area contributed by atoms with Crippen molar-refractivity contribution in [3.05, 3.63) is 33.1 Å². The van der Waals surface area contributed by atoms with Gasteiger partial charge in [-0.05, 0) is 6.92 Å². The maximum absolute atomic E-state index is 5.91. The highest BCUT2D eigenvalue weighted by atomic mass is 35.5. The molecule has 0 bridgehead atoms. The van der Waals surface area contributed by atoms with E-state index in [1.54, 1.807) is 24.5 Å². The first-order valence-corrected chi connectivity index (χ1v) is 6.54. The summed E-state index contributed by atoms with van der Waals surface area (Å²) in [5.41, 5.74) is 0. The van der Waals surface area contributed by atoms with Crippen LogP contribution in [0.3, 0.4) is 0 Å². The van der Waals surface area contributed by atoms with Crippen LogP contribution in [-0.4, -0.2) is 22.1 Å². The molecule has 0 unspecified atom stereocenters. The molecule has 0 radical (unpaired) electrons. The summed E-state index contributed by atoms with van der Waals surface area (Å²) in [4.78, 5) is 13.8. The number of aromatic nitrogens is 3. The summed E-state index contributed by atoms with van der Waals surface area (Å²) in [7, 11) is 1.59. The molecule has 7 heteroatoms. The second kappa shape index (κ2) is 6.08. The van der Waals surface area contributed by atoms with Gasteiger partial charge in [0.2, 0.25) is 0 Å². The Morgan fingerprint density at radius 3 is 2.94 bits per heavy atom. The van der Waals surface area contributed by atoms with Crippen molar-refractivity contribution in [2.75, 3.05) is 12.4 Å². The third-order valence-corrected chi connectivity index (χ3v) is 3.21. The predicted octanol–water partition coefficient (Wildman–Crippen LogP) is 2.65. The van der Waals surface area contributed by atoms with Crippen LogP contribution in [0, 0.1) is 6.92 Å². The molecule has 2 rings (SSSR count). The van der Waals surface area contributed by atoms with Gasteiger partial charge in [-0.25, -0.2) is 15.0 Å². The summed E-state index contributed by atoms with van der Waals surface area (Å²) < 4.78 is 4.98. The van der Waals surface area contributed by atoms with Gasteiger partial charge in [-0.3, -0.25) is 0 Å². The van der Waals surface area contributed by atoms with Gasteiger partial charge in [0.1, 0.15) is 22.6 Å². The van der Waals surface area contributed by atoms with Gasteiger partial charge in [0, 0.05) is 24.3 Å².